The highest BCUT2D eigenvalue weighted by atomic mass is 35.5. The molecule has 0 spiro atoms. The number of aliphatic hydroxyl groups excluding tert-OH is 6. The summed E-state index contributed by atoms with van der Waals surface area (Å²) in [5.74, 6) is -15.8. The molecule has 0 aromatic heterocycles. The van der Waals surface area contributed by atoms with Gasteiger partial charge in [0.2, 0.25) is 53.4 Å². The van der Waals surface area contributed by atoms with Crippen LogP contribution in [0.1, 0.15) is 84.8 Å². The highest BCUT2D eigenvalue weighted by Crippen LogP contribution is 2.49. The fourth-order valence-electron chi connectivity index (χ4n) is 10.7. The van der Waals surface area contributed by atoms with Gasteiger partial charge in [-0.15, -0.1) is 0 Å². The average Bonchev–Trinajstić information content (AvgIpc) is 0.776. The van der Waals surface area contributed by atoms with E-state index in [-0.39, 0.29) is 51.0 Å². The van der Waals surface area contributed by atoms with Gasteiger partial charge in [0.15, 0.2) is 17.5 Å². The fourth-order valence-corrected chi connectivity index (χ4v) is 11.2. The smallest absolute Gasteiger partial charge is 0.330 e. The van der Waals surface area contributed by atoms with E-state index in [4.69, 9.17) is 47.9 Å². The highest BCUT2D eigenvalue weighted by Gasteiger charge is 2.47. The number of halogens is 2. The first-order valence-corrected chi connectivity index (χ1v) is 28.7. The second-order valence-electron chi connectivity index (χ2n) is 22.2. The van der Waals surface area contributed by atoms with Crippen LogP contribution in [0.3, 0.4) is 0 Å². The molecule has 33 heteroatoms. The number of aliphatic carboxylic acids is 1. The molecule has 31 nitrogen and oxygen atoms in total. The largest absolute Gasteiger partial charge is 0.508 e. The van der Waals surface area contributed by atoms with Gasteiger partial charge in [-0.2, -0.15) is 0 Å². The Morgan fingerprint density at radius 3 is 1.83 bits per heavy atom. The number of nitrogens with two attached hydrogens (primary N) is 1. The summed E-state index contributed by atoms with van der Waals surface area (Å²) in [6.45, 7) is 2.69. The number of carboxylic acid groups (broad SMARTS) is 1. The van der Waals surface area contributed by atoms with Crippen molar-refractivity contribution in [3.63, 3.8) is 0 Å². The molecule has 11 rings (SSSR count). The number of phenolic OH excluding ortho intramolecular Hbond substituents is 3. The van der Waals surface area contributed by atoms with Crippen LogP contribution in [0.2, 0.25) is 10.0 Å². The van der Waals surface area contributed by atoms with Gasteiger partial charge in [0.1, 0.15) is 95.6 Å². The van der Waals surface area contributed by atoms with Gasteiger partial charge in [-0.3, -0.25) is 33.6 Å². The maximum absolute atomic E-state index is 15.8. The van der Waals surface area contributed by atoms with E-state index >= 15 is 14.4 Å². The van der Waals surface area contributed by atoms with Gasteiger partial charge in [-0.05, 0) is 96.2 Å². The maximum Gasteiger partial charge on any atom is 0.330 e. The second kappa shape index (κ2) is 28.2. The molecule has 1 saturated heterocycles. The summed E-state index contributed by atoms with van der Waals surface area (Å²) in [4.78, 5) is 115. The topological polar surface area (TPSA) is 518 Å². The number of likely N-dealkylation sites (N-methyl/N-ethyl adjacent to an activating group) is 1. The van der Waals surface area contributed by atoms with Crippen LogP contribution < -0.4 is 57.2 Å². The summed E-state index contributed by atoms with van der Waals surface area (Å²) in [5, 5.41) is 128. The minimum atomic E-state index is -2.31. The predicted octanol–water partition coefficient (Wildman–Crippen LogP) is -0.956. The molecule has 0 saturated carbocycles. The van der Waals surface area contributed by atoms with Gasteiger partial charge in [-0.1, -0.05) is 55.2 Å². The lowest BCUT2D eigenvalue weighted by atomic mass is 9.89. The molecule has 6 aliphatic heterocycles. The molecule has 0 aliphatic carbocycles. The molecule has 14 atom stereocenters. The fraction of sp³-hybridized carbons (Fsp3) is 0.356. The van der Waals surface area contributed by atoms with Crippen LogP contribution in [0.15, 0.2) is 78.9 Å². The molecule has 7 amide bonds. The Hall–Kier alpha value is -9.12. The van der Waals surface area contributed by atoms with Crippen LogP contribution in [0.4, 0.5) is 0 Å². The van der Waals surface area contributed by atoms with E-state index in [2.05, 4.69) is 37.2 Å². The van der Waals surface area contributed by atoms with Gasteiger partial charge >= 0.3 is 5.97 Å². The molecule has 5 aromatic carbocycles. The number of primary amides is 1. The van der Waals surface area contributed by atoms with E-state index in [1.165, 1.54) is 19.2 Å². The van der Waals surface area contributed by atoms with Crippen molar-refractivity contribution in [2.24, 2.45) is 11.7 Å². The van der Waals surface area contributed by atoms with Gasteiger partial charge in [0, 0.05) is 22.8 Å². The zero-order valence-corrected chi connectivity index (χ0v) is 50.0. The Kier molecular flexibility index (Phi) is 21.1. The van der Waals surface area contributed by atoms with Crippen molar-refractivity contribution >= 4 is 70.5 Å². The summed E-state index contributed by atoms with van der Waals surface area (Å²) in [6, 6.07) is -0.613. The number of carbonyl (C=O) groups is 8. The number of phenols is 3. The minimum absolute atomic E-state index is 0. The lowest BCUT2D eigenvalue weighted by Gasteiger charge is -2.39. The molecule has 11 bridgehead atoms. The summed E-state index contributed by atoms with van der Waals surface area (Å²) >= 11 is 13.8. The van der Waals surface area contributed by atoms with E-state index in [1.54, 1.807) is 0 Å². The van der Waals surface area contributed by atoms with Crippen LogP contribution in [0.5, 0.6) is 46.0 Å². The number of hydrogen-bond donors (Lipinski definition) is 18. The molecule has 21 N–H and O–H groups in total. The van der Waals surface area contributed by atoms with Gasteiger partial charge < -0.3 is 118 Å². The van der Waals surface area contributed by atoms with Crippen LogP contribution >= 0.6 is 23.2 Å². The Bertz CT molecular complexity index is 3730. The van der Waals surface area contributed by atoms with Crippen molar-refractivity contribution in [2.45, 2.75) is 112 Å². The van der Waals surface area contributed by atoms with Crippen LogP contribution in [0, 0.1) is 5.92 Å². The molecule has 2 unspecified atom stereocenters. The van der Waals surface area contributed by atoms with E-state index in [9.17, 15) is 75.0 Å². The quantitative estimate of drug-likeness (QED) is 0.0757. The van der Waals surface area contributed by atoms with Crippen molar-refractivity contribution < 1.29 is 114 Å². The molecule has 1 fully saturated rings. The minimum Gasteiger partial charge on any atom is -0.508 e. The third kappa shape index (κ3) is 14.3. The van der Waals surface area contributed by atoms with Gasteiger partial charge in [0.25, 0.3) is 0 Å². The van der Waals surface area contributed by atoms with Crippen LogP contribution in [-0.4, -0.2) is 172 Å². The number of carbonyl (C=O) groups excluding carboxylic acids is 7. The number of amides is 7. The van der Waals surface area contributed by atoms with E-state index in [0.717, 1.165) is 66.7 Å². The summed E-state index contributed by atoms with van der Waals surface area (Å²) in [7, 11) is 1.47. The Labute approximate surface area is 530 Å². The molecular weight excluding hydrogens is 1260 g/mol. The first-order chi connectivity index (χ1) is 43.1. The van der Waals surface area contributed by atoms with Crippen molar-refractivity contribution in [3.8, 4) is 57.1 Å². The van der Waals surface area contributed by atoms with Crippen molar-refractivity contribution in [2.75, 3.05) is 13.7 Å². The zero-order chi connectivity index (χ0) is 66.2. The second-order valence-corrected chi connectivity index (χ2v) is 23.0. The number of nitrogens with one attached hydrogen (secondary N) is 7. The lowest BCUT2D eigenvalue weighted by molar-refractivity contribution is -0.277. The first kappa shape index (κ1) is 68.8. The van der Waals surface area contributed by atoms with E-state index < -0.39 is 207 Å². The van der Waals surface area contributed by atoms with Crippen molar-refractivity contribution in [1.82, 2.24) is 37.2 Å². The number of aliphatic hydroxyl groups is 6. The summed E-state index contributed by atoms with van der Waals surface area (Å²) < 4.78 is 24.8. The van der Waals surface area contributed by atoms with Crippen molar-refractivity contribution in [1.29, 1.82) is 0 Å². The van der Waals surface area contributed by atoms with Gasteiger partial charge in [0.05, 0.1) is 29.1 Å². The number of hydrogen-bond acceptors (Lipinski definition) is 22. The number of fused-ring (bicyclic) bond motifs is 15. The number of carboxylic acids is 1. The molecule has 5 aromatic rings. The first-order valence-electron chi connectivity index (χ1n) is 27.9. The number of ether oxygens (including phenoxy) is 4. The van der Waals surface area contributed by atoms with Gasteiger partial charge in [-0.25, -0.2) is 4.79 Å². The SMILES string of the molecule is CN[C@H](CC(C)C)C(=O)NC1C(=O)N[C@@H](CC(N)=O)C(=O)N[C@H]2C(=O)N[C@H]3C(=O)N[C@H](C(=O)N[C@@H](C(=O)O)c4cc(O)cc(O)c4-c4cc3ccc4O)[C@H](O)c3ccc(c(Cl)c3)Oc3cc2cc(c3O[C@@H]2O[C@H](CO)C(O)[C@H](O)[C@H]2O)Oc2ccc(cc2Cl)[C@H]1O.O. The standard InChI is InChI=1S/C59H62Cl2N8O22.H2O/c1-20(2)10-30(63-3)52(80)68-44-46(75)22-5-8-34(28(60)12-22)88-36-14-24-15-37(51(36)91-59-50(79)49(78)48(77)38(19-70)90-59)89-35-9-6-23(13-29(35)61)47(76)45-57(85)67-43(58(86)87)27-16-25(71)17-33(73)40(27)26-11-21(4-7-32(26)72)41(54(82)69-45)66-55(83)42(24)65-53(81)31(18-39(62)74)64-56(44)84;/h4-9,11-17,20,30-31,38,41-50,59,63,70-73,75-79H,10,18-19H2,1-3H3,(H2,62,74)(H,64,84)(H,65,81)(H,66,83)(H,67,85)(H,68,80)(H,69,82)(H,86,87);1H2/t30-,31+,38-,41-,42-,43-,44?,45+,46-,47-,48?,49+,50-,59+;/m1./s1. The summed E-state index contributed by atoms with van der Waals surface area (Å²) in [6.07, 6.45) is -14.9. The number of benzene rings is 5. The molecular formula is C59H64Cl2N8O23. The molecule has 6 heterocycles. The third-order valence-electron chi connectivity index (χ3n) is 15.4. The lowest BCUT2D eigenvalue weighted by Crippen LogP contribution is -2.60. The molecule has 6 aliphatic rings. The Balaban J connectivity index is 0.0000109. The van der Waals surface area contributed by atoms with E-state index in [0.29, 0.717) is 0 Å². The molecule has 0 radical (unpaired) electrons. The maximum atomic E-state index is 15.8. The Morgan fingerprint density at radius 1 is 0.663 bits per heavy atom. The molecule has 492 valence electrons. The normalized spacial score (nSPS) is 26.0. The number of aromatic hydroxyl groups is 3. The summed E-state index contributed by atoms with van der Waals surface area (Å²) in [5.41, 5.74) is 2.90. The van der Waals surface area contributed by atoms with Crippen LogP contribution in [-0.2, 0) is 43.1 Å². The predicted molar refractivity (Wildman–Crippen MR) is 316 cm³/mol. The monoisotopic (exact) mass is 1320 g/mol. The molecule has 92 heavy (non-hydrogen) atoms. The average molecular weight is 1320 g/mol. The Morgan fingerprint density at radius 2 is 1.25 bits per heavy atom. The van der Waals surface area contributed by atoms with E-state index in [1.807, 2.05) is 13.8 Å². The zero-order valence-electron chi connectivity index (χ0n) is 48.5. The highest BCUT2D eigenvalue weighted by molar-refractivity contribution is 6.32. The third-order valence-corrected chi connectivity index (χ3v) is 16.0. The van der Waals surface area contributed by atoms with Crippen molar-refractivity contribution in [3.05, 3.63) is 117 Å². The number of rotatable bonds is 11. The van der Waals surface area contributed by atoms with Crippen LogP contribution in [0.25, 0.3) is 11.1 Å².